The van der Waals surface area contributed by atoms with E-state index in [0.717, 1.165) is 4.90 Å². The summed E-state index contributed by atoms with van der Waals surface area (Å²) in [7, 11) is 0. The Labute approximate surface area is 110 Å². The molecule has 1 aromatic rings. The summed E-state index contributed by atoms with van der Waals surface area (Å²) in [6.45, 7) is -0.0288. The van der Waals surface area contributed by atoms with E-state index in [1.54, 1.807) is 0 Å². The Hall–Kier alpha value is -1.70. The van der Waals surface area contributed by atoms with E-state index in [1.165, 1.54) is 0 Å². The third-order valence-electron chi connectivity index (χ3n) is 3.18. The lowest BCUT2D eigenvalue weighted by Gasteiger charge is -2.29. The minimum Gasteiger partial charge on any atom is -0.393 e. The maximum atomic E-state index is 13.5. The summed E-state index contributed by atoms with van der Waals surface area (Å²) in [5, 5.41) is 9.26. The number of amides is 1. The second-order valence-corrected chi connectivity index (χ2v) is 4.47. The molecule has 2 rings (SSSR count). The zero-order valence-corrected chi connectivity index (χ0v) is 10.1. The Morgan fingerprint density at radius 2 is 1.30 bits per heavy atom. The number of aliphatic hydroxyl groups is 1. The molecule has 1 saturated heterocycles. The van der Waals surface area contributed by atoms with Crippen LogP contribution in [0.2, 0.25) is 0 Å². The van der Waals surface area contributed by atoms with Crippen LogP contribution in [-0.2, 0) is 0 Å². The average molecular weight is 295 g/mol. The van der Waals surface area contributed by atoms with Gasteiger partial charge in [-0.25, -0.2) is 22.0 Å². The van der Waals surface area contributed by atoms with E-state index in [2.05, 4.69) is 0 Å². The zero-order valence-electron chi connectivity index (χ0n) is 10.1. The van der Waals surface area contributed by atoms with E-state index in [4.69, 9.17) is 0 Å². The normalized spacial score (nSPS) is 16.6. The molecule has 1 amide bonds. The number of carbonyl (C=O) groups excluding carboxylic acids is 1. The molecular weight excluding hydrogens is 285 g/mol. The molecule has 1 fully saturated rings. The first-order valence-electron chi connectivity index (χ1n) is 5.83. The number of hydrogen-bond acceptors (Lipinski definition) is 2. The fraction of sp³-hybridized carbons (Fsp3) is 0.417. The first kappa shape index (κ1) is 14.7. The first-order chi connectivity index (χ1) is 9.34. The van der Waals surface area contributed by atoms with Crippen molar-refractivity contribution in [1.82, 2.24) is 4.90 Å². The maximum absolute atomic E-state index is 13.5. The summed E-state index contributed by atoms with van der Waals surface area (Å²) in [4.78, 5) is 12.8. The van der Waals surface area contributed by atoms with E-state index in [1.807, 2.05) is 0 Å². The molecule has 0 aliphatic carbocycles. The van der Waals surface area contributed by atoms with Gasteiger partial charge in [0.15, 0.2) is 23.3 Å². The fourth-order valence-electron chi connectivity index (χ4n) is 2.02. The third kappa shape index (κ3) is 2.35. The minimum absolute atomic E-state index is 0.0144. The van der Waals surface area contributed by atoms with Crippen molar-refractivity contribution in [3.8, 4) is 0 Å². The molecule has 1 aliphatic heterocycles. The lowest BCUT2D eigenvalue weighted by atomic mass is 10.1. The SMILES string of the molecule is O=C(c1c(F)c(F)c(F)c(F)c1F)N1CCC(O)CC1. The fourth-order valence-corrected chi connectivity index (χ4v) is 2.02. The molecule has 0 spiro atoms. The van der Waals surface area contributed by atoms with Crippen LogP contribution in [0.4, 0.5) is 22.0 Å². The van der Waals surface area contributed by atoms with Gasteiger partial charge in [0, 0.05) is 13.1 Å². The van der Waals surface area contributed by atoms with Crippen LogP contribution in [0.15, 0.2) is 0 Å². The van der Waals surface area contributed by atoms with Gasteiger partial charge in [0.1, 0.15) is 5.56 Å². The highest BCUT2D eigenvalue weighted by Gasteiger charge is 2.33. The summed E-state index contributed by atoms with van der Waals surface area (Å²) in [6.07, 6.45) is -0.280. The second-order valence-electron chi connectivity index (χ2n) is 4.47. The van der Waals surface area contributed by atoms with E-state index in [9.17, 15) is 31.9 Å². The summed E-state index contributed by atoms with van der Waals surface area (Å²) >= 11 is 0. The lowest BCUT2D eigenvalue weighted by Crippen LogP contribution is -2.41. The highest BCUT2D eigenvalue weighted by molar-refractivity contribution is 5.95. The van der Waals surface area contributed by atoms with Crippen LogP contribution in [0.3, 0.4) is 0 Å². The van der Waals surface area contributed by atoms with Crippen molar-refractivity contribution in [3.05, 3.63) is 34.6 Å². The highest BCUT2D eigenvalue weighted by atomic mass is 19.2. The number of likely N-dealkylation sites (tertiary alicyclic amines) is 1. The Morgan fingerprint density at radius 3 is 1.75 bits per heavy atom. The van der Waals surface area contributed by atoms with Gasteiger partial charge < -0.3 is 10.0 Å². The minimum atomic E-state index is -2.30. The molecule has 0 atom stereocenters. The van der Waals surface area contributed by atoms with Crippen molar-refractivity contribution < 1.29 is 31.9 Å². The Kier molecular flexibility index (Phi) is 3.94. The molecule has 0 bridgehead atoms. The predicted octanol–water partition coefficient (Wildman–Crippen LogP) is 1.98. The number of hydrogen-bond donors (Lipinski definition) is 1. The van der Waals surface area contributed by atoms with Gasteiger partial charge in [0.2, 0.25) is 5.82 Å². The highest BCUT2D eigenvalue weighted by Crippen LogP contribution is 2.25. The van der Waals surface area contributed by atoms with Crippen LogP contribution in [0.1, 0.15) is 23.2 Å². The van der Waals surface area contributed by atoms with E-state index >= 15 is 0 Å². The van der Waals surface area contributed by atoms with E-state index in [-0.39, 0.29) is 25.9 Å². The molecule has 1 N–H and O–H groups in total. The summed E-state index contributed by atoms with van der Waals surface area (Å²) < 4.78 is 65.8. The largest absolute Gasteiger partial charge is 0.393 e. The van der Waals surface area contributed by atoms with Gasteiger partial charge in [-0.1, -0.05) is 0 Å². The van der Waals surface area contributed by atoms with Gasteiger partial charge in [-0.15, -0.1) is 0 Å². The van der Waals surface area contributed by atoms with Crippen LogP contribution in [0, 0.1) is 29.1 Å². The Balaban J connectivity index is 2.40. The molecule has 110 valence electrons. The van der Waals surface area contributed by atoms with Crippen molar-refractivity contribution >= 4 is 5.91 Å². The molecule has 1 heterocycles. The summed E-state index contributed by atoms with van der Waals surface area (Å²) in [5.41, 5.74) is -1.46. The van der Waals surface area contributed by atoms with Crippen molar-refractivity contribution in [2.24, 2.45) is 0 Å². The van der Waals surface area contributed by atoms with Gasteiger partial charge in [-0.3, -0.25) is 4.79 Å². The Bertz CT molecular complexity index is 526. The summed E-state index contributed by atoms with van der Waals surface area (Å²) in [5.74, 6) is -12.2. The number of benzene rings is 1. The molecule has 0 unspecified atom stereocenters. The van der Waals surface area contributed by atoms with Gasteiger partial charge >= 0.3 is 0 Å². The van der Waals surface area contributed by atoms with Crippen molar-refractivity contribution in [2.75, 3.05) is 13.1 Å². The molecular formula is C12H10F5NO2. The topological polar surface area (TPSA) is 40.5 Å². The molecule has 3 nitrogen and oxygen atoms in total. The van der Waals surface area contributed by atoms with Gasteiger partial charge in [0.05, 0.1) is 6.10 Å². The number of carbonyl (C=O) groups is 1. The second kappa shape index (κ2) is 5.35. The number of aliphatic hydroxyl groups excluding tert-OH is 1. The van der Waals surface area contributed by atoms with Crippen LogP contribution in [0.25, 0.3) is 0 Å². The molecule has 0 aromatic heterocycles. The number of nitrogens with zero attached hydrogens (tertiary/aromatic N) is 1. The van der Waals surface area contributed by atoms with Crippen LogP contribution in [0.5, 0.6) is 0 Å². The third-order valence-corrected chi connectivity index (χ3v) is 3.18. The predicted molar refractivity (Wildman–Crippen MR) is 57.4 cm³/mol. The quantitative estimate of drug-likeness (QED) is 0.489. The molecule has 0 saturated carbocycles. The summed E-state index contributed by atoms with van der Waals surface area (Å²) in [6, 6.07) is 0. The van der Waals surface area contributed by atoms with Crippen molar-refractivity contribution in [2.45, 2.75) is 18.9 Å². The average Bonchev–Trinajstić information content (AvgIpc) is 2.44. The molecule has 8 heteroatoms. The Morgan fingerprint density at radius 1 is 0.900 bits per heavy atom. The van der Waals surface area contributed by atoms with E-state index < -0.39 is 46.7 Å². The van der Waals surface area contributed by atoms with Crippen LogP contribution < -0.4 is 0 Å². The smallest absolute Gasteiger partial charge is 0.260 e. The number of halogens is 5. The standard InChI is InChI=1S/C12H10F5NO2/c13-7-6(8(14)10(16)11(17)9(7)15)12(20)18-3-1-5(19)2-4-18/h5,19H,1-4H2. The van der Waals surface area contributed by atoms with Gasteiger partial charge in [-0.05, 0) is 12.8 Å². The lowest BCUT2D eigenvalue weighted by molar-refractivity contribution is 0.0536. The van der Waals surface area contributed by atoms with Crippen molar-refractivity contribution in [3.63, 3.8) is 0 Å². The maximum Gasteiger partial charge on any atom is 0.260 e. The molecule has 1 aliphatic rings. The number of piperidine rings is 1. The first-order valence-corrected chi connectivity index (χ1v) is 5.83. The van der Waals surface area contributed by atoms with Crippen LogP contribution >= 0.6 is 0 Å². The molecule has 0 radical (unpaired) electrons. The van der Waals surface area contributed by atoms with Crippen LogP contribution in [-0.4, -0.2) is 35.1 Å². The zero-order chi connectivity index (χ0) is 15.0. The van der Waals surface area contributed by atoms with Gasteiger partial charge in [0.25, 0.3) is 5.91 Å². The number of rotatable bonds is 1. The monoisotopic (exact) mass is 295 g/mol. The molecule has 1 aromatic carbocycles. The van der Waals surface area contributed by atoms with Gasteiger partial charge in [-0.2, -0.15) is 0 Å². The van der Waals surface area contributed by atoms with E-state index in [0.29, 0.717) is 0 Å². The molecule has 20 heavy (non-hydrogen) atoms. The van der Waals surface area contributed by atoms with Crippen molar-refractivity contribution in [1.29, 1.82) is 0 Å².